The SMILES string of the molecule is CNCC1CCCN1c1nccc(OC)n1. The number of methoxy groups -OCH3 is 1. The van der Waals surface area contributed by atoms with Crippen molar-refractivity contribution in [2.24, 2.45) is 0 Å². The lowest BCUT2D eigenvalue weighted by molar-refractivity contribution is 0.396. The number of likely N-dealkylation sites (N-methyl/N-ethyl adjacent to an activating group) is 1. The molecule has 0 amide bonds. The molecule has 0 aromatic carbocycles. The standard InChI is InChI=1S/C11H18N4O/c1-12-8-9-4-3-7-15(9)11-13-6-5-10(14-11)16-2/h5-6,9,12H,3-4,7-8H2,1-2H3. The molecule has 1 saturated heterocycles. The number of aromatic nitrogens is 2. The average molecular weight is 222 g/mol. The van der Waals surface area contributed by atoms with Crippen LogP contribution in [0.1, 0.15) is 12.8 Å². The molecule has 1 aromatic heterocycles. The molecule has 1 aliphatic heterocycles. The van der Waals surface area contributed by atoms with Crippen molar-refractivity contribution in [3.05, 3.63) is 12.3 Å². The summed E-state index contributed by atoms with van der Waals surface area (Å²) in [6.07, 6.45) is 4.14. The van der Waals surface area contributed by atoms with Gasteiger partial charge in [0.15, 0.2) is 0 Å². The molecule has 2 rings (SSSR count). The monoisotopic (exact) mass is 222 g/mol. The zero-order valence-electron chi connectivity index (χ0n) is 9.81. The molecule has 1 fully saturated rings. The van der Waals surface area contributed by atoms with Gasteiger partial charge >= 0.3 is 0 Å². The third-order valence-electron chi connectivity index (χ3n) is 2.90. The molecule has 1 N–H and O–H groups in total. The third kappa shape index (κ3) is 2.24. The summed E-state index contributed by atoms with van der Waals surface area (Å²) in [6.45, 7) is 2.00. The lowest BCUT2D eigenvalue weighted by Crippen LogP contribution is -2.37. The predicted molar refractivity (Wildman–Crippen MR) is 62.9 cm³/mol. The van der Waals surface area contributed by atoms with E-state index in [1.807, 2.05) is 7.05 Å². The summed E-state index contributed by atoms with van der Waals surface area (Å²) in [7, 11) is 3.60. The zero-order valence-corrected chi connectivity index (χ0v) is 9.81. The lowest BCUT2D eigenvalue weighted by Gasteiger charge is -2.24. The molecule has 0 saturated carbocycles. The minimum atomic E-state index is 0.497. The summed E-state index contributed by atoms with van der Waals surface area (Å²) >= 11 is 0. The Balaban J connectivity index is 2.15. The van der Waals surface area contributed by atoms with Gasteiger partial charge in [0.05, 0.1) is 7.11 Å². The van der Waals surface area contributed by atoms with Crippen molar-refractivity contribution in [1.82, 2.24) is 15.3 Å². The van der Waals surface area contributed by atoms with Crippen molar-refractivity contribution in [2.45, 2.75) is 18.9 Å². The molecule has 1 aromatic rings. The summed E-state index contributed by atoms with van der Waals surface area (Å²) in [5.74, 6) is 1.40. The first-order valence-corrected chi connectivity index (χ1v) is 5.63. The fraction of sp³-hybridized carbons (Fsp3) is 0.636. The summed E-state index contributed by atoms with van der Waals surface area (Å²) in [5.41, 5.74) is 0. The van der Waals surface area contributed by atoms with Crippen LogP contribution < -0.4 is 15.0 Å². The summed E-state index contributed by atoms with van der Waals surface area (Å²) in [4.78, 5) is 10.9. The van der Waals surface area contributed by atoms with Gasteiger partial charge in [0.2, 0.25) is 11.8 Å². The number of nitrogens with one attached hydrogen (secondary N) is 1. The van der Waals surface area contributed by atoms with E-state index in [1.165, 1.54) is 12.8 Å². The maximum Gasteiger partial charge on any atom is 0.228 e. The van der Waals surface area contributed by atoms with Crippen LogP contribution in [0.4, 0.5) is 5.95 Å². The van der Waals surface area contributed by atoms with E-state index < -0.39 is 0 Å². The Morgan fingerprint density at radius 3 is 3.25 bits per heavy atom. The van der Waals surface area contributed by atoms with Gasteiger partial charge in [-0.15, -0.1) is 0 Å². The van der Waals surface area contributed by atoms with Crippen LogP contribution in [0, 0.1) is 0 Å². The number of nitrogens with zero attached hydrogens (tertiary/aromatic N) is 3. The van der Waals surface area contributed by atoms with E-state index in [2.05, 4.69) is 20.2 Å². The van der Waals surface area contributed by atoms with E-state index in [0.29, 0.717) is 11.9 Å². The van der Waals surface area contributed by atoms with Crippen molar-refractivity contribution in [3.8, 4) is 5.88 Å². The molecule has 16 heavy (non-hydrogen) atoms. The first-order valence-electron chi connectivity index (χ1n) is 5.63. The van der Waals surface area contributed by atoms with Crippen LogP contribution in [0.25, 0.3) is 0 Å². The first-order chi connectivity index (χ1) is 7.85. The van der Waals surface area contributed by atoms with E-state index in [9.17, 15) is 0 Å². The second-order valence-electron chi connectivity index (χ2n) is 3.95. The van der Waals surface area contributed by atoms with Crippen LogP contribution in [0.3, 0.4) is 0 Å². The van der Waals surface area contributed by atoms with Crippen molar-refractivity contribution in [1.29, 1.82) is 0 Å². The Labute approximate surface area is 95.8 Å². The summed E-state index contributed by atoms with van der Waals surface area (Å²) < 4.78 is 5.12. The largest absolute Gasteiger partial charge is 0.481 e. The molecule has 0 spiro atoms. The number of anilines is 1. The van der Waals surface area contributed by atoms with Crippen LogP contribution in [-0.2, 0) is 0 Å². The van der Waals surface area contributed by atoms with Crippen LogP contribution >= 0.6 is 0 Å². The maximum atomic E-state index is 5.12. The molecule has 2 heterocycles. The fourth-order valence-corrected chi connectivity index (χ4v) is 2.13. The van der Waals surface area contributed by atoms with Crippen molar-refractivity contribution < 1.29 is 4.74 Å². The molecule has 0 bridgehead atoms. The molecule has 0 aliphatic carbocycles. The van der Waals surface area contributed by atoms with E-state index >= 15 is 0 Å². The normalized spacial score (nSPS) is 20.1. The van der Waals surface area contributed by atoms with Gasteiger partial charge in [-0.3, -0.25) is 0 Å². The molecule has 1 unspecified atom stereocenters. The number of hydrogen-bond donors (Lipinski definition) is 1. The quantitative estimate of drug-likeness (QED) is 0.811. The Morgan fingerprint density at radius 1 is 1.62 bits per heavy atom. The van der Waals surface area contributed by atoms with Gasteiger partial charge in [-0.25, -0.2) is 4.98 Å². The van der Waals surface area contributed by atoms with Crippen molar-refractivity contribution >= 4 is 5.95 Å². The molecule has 5 nitrogen and oxygen atoms in total. The third-order valence-corrected chi connectivity index (χ3v) is 2.90. The second-order valence-corrected chi connectivity index (χ2v) is 3.95. The number of ether oxygens (including phenoxy) is 1. The topological polar surface area (TPSA) is 50.3 Å². The Morgan fingerprint density at radius 2 is 2.50 bits per heavy atom. The second kappa shape index (κ2) is 5.12. The Kier molecular flexibility index (Phi) is 3.56. The van der Waals surface area contributed by atoms with E-state index in [1.54, 1.807) is 19.4 Å². The van der Waals surface area contributed by atoms with Crippen LogP contribution in [0.15, 0.2) is 12.3 Å². The van der Waals surface area contributed by atoms with Gasteiger partial charge in [-0.2, -0.15) is 4.98 Å². The summed E-state index contributed by atoms with van der Waals surface area (Å²) in [5, 5.41) is 3.21. The lowest BCUT2D eigenvalue weighted by atomic mass is 10.2. The van der Waals surface area contributed by atoms with Gasteiger partial charge in [0, 0.05) is 31.4 Å². The minimum absolute atomic E-state index is 0.497. The minimum Gasteiger partial charge on any atom is -0.481 e. The molecule has 5 heteroatoms. The van der Waals surface area contributed by atoms with E-state index in [-0.39, 0.29) is 0 Å². The van der Waals surface area contributed by atoms with Gasteiger partial charge < -0.3 is 15.0 Å². The number of hydrogen-bond acceptors (Lipinski definition) is 5. The number of rotatable bonds is 4. The van der Waals surface area contributed by atoms with Gasteiger partial charge in [0.25, 0.3) is 0 Å². The predicted octanol–water partition coefficient (Wildman–Crippen LogP) is 0.673. The fourth-order valence-electron chi connectivity index (χ4n) is 2.13. The van der Waals surface area contributed by atoms with Crippen LogP contribution in [0.2, 0.25) is 0 Å². The maximum absolute atomic E-state index is 5.12. The van der Waals surface area contributed by atoms with Gasteiger partial charge in [0.1, 0.15) is 0 Å². The molecular weight excluding hydrogens is 204 g/mol. The van der Waals surface area contributed by atoms with Crippen molar-refractivity contribution in [3.63, 3.8) is 0 Å². The average Bonchev–Trinajstić information content (AvgIpc) is 2.78. The van der Waals surface area contributed by atoms with Gasteiger partial charge in [-0.1, -0.05) is 0 Å². The Bertz CT molecular complexity index is 345. The first kappa shape index (κ1) is 11.1. The van der Waals surface area contributed by atoms with Gasteiger partial charge in [-0.05, 0) is 19.9 Å². The smallest absolute Gasteiger partial charge is 0.228 e. The molecular formula is C11H18N4O. The highest BCUT2D eigenvalue weighted by molar-refractivity contribution is 5.35. The molecule has 1 aliphatic rings. The van der Waals surface area contributed by atoms with Crippen LogP contribution in [-0.4, -0.2) is 43.3 Å². The highest BCUT2D eigenvalue weighted by Crippen LogP contribution is 2.22. The molecule has 0 radical (unpaired) electrons. The molecule has 88 valence electrons. The van der Waals surface area contributed by atoms with Crippen molar-refractivity contribution in [2.75, 3.05) is 32.1 Å². The van der Waals surface area contributed by atoms with Crippen LogP contribution in [0.5, 0.6) is 5.88 Å². The highest BCUT2D eigenvalue weighted by atomic mass is 16.5. The molecule has 1 atom stereocenters. The zero-order chi connectivity index (χ0) is 11.4. The van der Waals surface area contributed by atoms with E-state index in [4.69, 9.17) is 4.74 Å². The Hall–Kier alpha value is -1.36. The summed E-state index contributed by atoms with van der Waals surface area (Å²) in [6, 6.07) is 2.27. The van der Waals surface area contributed by atoms with E-state index in [0.717, 1.165) is 19.0 Å². The highest BCUT2D eigenvalue weighted by Gasteiger charge is 2.25.